The minimum atomic E-state index is -0.628. The largest absolute Gasteiger partial charge is 0.507 e. The number of benzene rings is 2. The smallest absolute Gasteiger partial charge is 0.344 e. The number of aliphatic hydroxyl groups excluding tert-OH is 1. The maximum Gasteiger partial charge on any atom is 0.344 e. The summed E-state index contributed by atoms with van der Waals surface area (Å²) in [6, 6.07) is 12.6. The molecule has 3 rings (SSSR count). The van der Waals surface area contributed by atoms with Crippen LogP contribution in [-0.2, 0) is 9.53 Å². The minimum Gasteiger partial charge on any atom is -0.507 e. The summed E-state index contributed by atoms with van der Waals surface area (Å²) in [6.07, 6.45) is 1.62. The van der Waals surface area contributed by atoms with E-state index >= 15 is 0 Å². The van der Waals surface area contributed by atoms with E-state index in [0.717, 1.165) is 11.1 Å². The molecule has 0 unspecified atom stereocenters. The molecule has 1 heterocycles. The second kappa shape index (κ2) is 8.35. The second-order valence-electron chi connectivity index (χ2n) is 6.38. The molecule has 0 radical (unpaired) electrons. The van der Waals surface area contributed by atoms with Gasteiger partial charge in [0.05, 0.1) is 17.2 Å². The molecule has 0 aromatic heterocycles. The molecule has 6 heteroatoms. The highest BCUT2D eigenvalue weighted by atomic mass is 32.2. The number of aromatic hydroxyl groups is 1. The molecule has 0 amide bonds. The van der Waals surface area contributed by atoms with Gasteiger partial charge >= 0.3 is 5.97 Å². The lowest BCUT2D eigenvalue weighted by Gasteiger charge is -2.05. The van der Waals surface area contributed by atoms with Gasteiger partial charge in [0.15, 0.2) is 0 Å². The topological polar surface area (TPSA) is 79.1 Å². The maximum absolute atomic E-state index is 12.4. The van der Waals surface area contributed by atoms with Crippen molar-refractivity contribution in [1.29, 1.82) is 0 Å². The zero-order valence-corrected chi connectivity index (χ0v) is 16.7. The number of aryl methyl sites for hydroxylation is 2. The highest BCUT2D eigenvalue weighted by molar-refractivity contribution is 8.18. The first-order valence-corrected chi connectivity index (χ1v) is 9.66. The summed E-state index contributed by atoms with van der Waals surface area (Å²) in [5.41, 5.74) is 3.37. The van der Waals surface area contributed by atoms with Crippen molar-refractivity contribution < 1.29 is 19.7 Å². The first kappa shape index (κ1) is 19.8. The van der Waals surface area contributed by atoms with Gasteiger partial charge in [-0.1, -0.05) is 36.0 Å². The Hall–Kier alpha value is -2.99. The fraction of sp³-hybridized carbons (Fsp3) is 0.182. The lowest BCUT2D eigenvalue weighted by molar-refractivity contribution is -0.138. The summed E-state index contributed by atoms with van der Waals surface area (Å²) in [5.74, 6) is -0.744. The zero-order chi connectivity index (χ0) is 20.3. The fourth-order valence-corrected chi connectivity index (χ4v) is 3.90. The number of hydrogen-bond acceptors (Lipinski definition) is 6. The van der Waals surface area contributed by atoms with Gasteiger partial charge in [-0.2, -0.15) is 0 Å². The Kier molecular flexibility index (Phi) is 5.90. The number of carbonyl (C=O) groups excluding carboxylic acids is 1. The number of carbonyl (C=O) groups is 1. The predicted octanol–water partition coefficient (Wildman–Crippen LogP) is 5.20. The van der Waals surface area contributed by atoms with E-state index in [-0.39, 0.29) is 23.7 Å². The van der Waals surface area contributed by atoms with Gasteiger partial charge in [0, 0.05) is 5.56 Å². The Balaban J connectivity index is 2.09. The van der Waals surface area contributed by atoms with Crippen LogP contribution in [0.5, 0.6) is 5.75 Å². The number of phenols is 1. The monoisotopic (exact) mass is 395 g/mol. The lowest BCUT2D eigenvalue weighted by Crippen LogP contribution is -2.12. The van der Waals surface area contributed by atoms with Gasteiger partial charge in [0.1, 0.15) is 22.1 Å². The van der Waals surface area contributed by atoms with Crippen LogP contribution in [0.15, 0.2) is 63.7 Å². The van der Waals surface area contributed by atoms with Gasteiger partial charge in [-0.3, -0.25) is 0 Å². The molecule has 0 atom stereocenters. The number of thioether (sulfide) groups is 1. The second-order valence-corrected chi connectivity index (χ2v) is 7.41. The summed E-state index contributed by atoms with van der Waals surface area (Å²) in [6.45, 7) is 5.84. The third-order valence-corrected chi connectivity index (χ3v) is 5.05. The number of ether oxygens (including phenoxy) is 1. The SMILES string of the molecule is CCOC(=O)C1=C(O)C(=Cc2ccccc2O)SC1=Nc1cc(C)cc(C)c1. The van der Waals surface area contributed by atoms with E-state index in [1.807, 2.05) is 32.0 Å². The molecule has 0 bridgehead atoms. The quantitative estimate of drug-likeness (QED) is 0.696. The average molecular weight is 395 g/mol. The normalized spacial score (nSPS) is 16.8. The van der Waals surface area contributed by atoms with Crippen LogP contribution in [0, 0.1) is 13.8 Å². The fourth-order valence-electron chi connectivity index (χ4n) is 2.88. The Labute approximate surface area is 168 Å². The summed E-state index contributed by atoms with van der Waals surface area (Å²) in [4.78, 5) is 17.5. The molecule has 0 aliphatic carbocycles. The van der Waals surface area contributed by atoms with Crippen molar-refractivity contribution in [2.24, 2.45) is 4.99 Å². The van der Waals surface area contributed by atoms with E-state index in [4.69, 9.17) is 4.74 Å². The molecular weight excluding hydrogens is 374 g/mol. The van der Waals surface area contributed by atoms with Crippen molar-refractivity contribution in [1.82, 2.24) is 0 Å². The van der Waals surface area contributed by atoms with Crippen LogP contribution in [0.3, 0.4) is 0 Å². The van der Waals surface area contributed by atoms with Gasteiger partial charge in [0.2, 0.25) is 0 Å². The molecule has 1 aliphatic rings. The molecule has 0 saturated heterocycles. The first-order chi connectivity index (χ1) is 13.4. The molecule has 28 heavy (non-hydrogen) atoms. The molecule has 0 saturated carbocycles. The third kappa shape index (κ3) is 4.28. The highest BCUT2D eigenvalue weighted by Gasteiger charge is 2.33. The van der Waals surface area contributed by atoms with Crippen molar-refractivity contribution in [2.45, 2.75) is 20.8 Å². The first-order valence-electron chi connectivity index (χ1n) is 8.84. The van der Waals surface area contributed by atoms with E-state index in [2.05, 4.69) is 4.99 Å². The molecular formula is C22H21NO4S. The molecule has 2 N–H and O–H groups in total. The Morgan fingerprint density at radius 3 is 2.46 bits per heavy atom. The van der Waals surface area contributed by atoms with Crippen LogP contribution in [0.2, 0.25) is 0 Å². The van der Waals surface area contributed by atoms with Gasteiger partial charge in [0.25, 0.3) is 0 Å². The molecule has 1 aliphatic heterocycles. The van der Waals surface area contributed by atoms with Crippen molar-refractivity contribution in [3.63, 3.8) is 0 Å². The number of rotatable bonds is 4. The minimum absolute atomic E-state index is 0.0349. The molecule has 2 aromatic carbocycles. The molecule has 5 nitrogen and oxygen atoms in total. The average Bonchev–Trinajstić information content (AvgIpc) is 2.91. The van der Waals surface area contributed by atoms with E-state index in [1.54, 1.807) is 37.3 Å². The maximum atomic E-state index is 12.4. The lowest BCUT2D eigenvalue weighted by atomic mass is 10.1. The van der Waals surface area contributed by atoms with Crippen LogP contribution in [-0.4, -0.2) is 27.8 Å². The summed E-state index contributed by atoms with van der Waals surface area (Å²) in [7, 11) is 0. The Bertz CT molecular complexity index is 1000. The van der Waals surface area contributed by atoms with E-state index in [0.29, 0.717) is 21.2 Å². The summed E-state index contributed by atoms with van der Waals surface area (Å²) >= 11 is 1.17. The van der Waals surface area contributed by atoms with E-state index in [1.165, 1.54) is 11.8 Å². The van der Waals surface area contributed by atoms with Crippen molar-refractivity contribution in [3.05, 3.63) is 75.4 Å². The molecule has 144 valence electrons. The number of aliphatic hydroxyl groups is 1. The number of phenolic OH excluding ortho intramolecular Hbond substituents is 1. The van der Waals surface area contributed by atoms with Gasteiger partial charge in [-0.25, -0.2) is 9.79 Å². The number of aliphatic imine (C=N–C) groups is 1. The van der Waals surface area contributed by atoms with Crippen LogP contribution >= 0.6 is 11.8 Å². The number of hydrogen-bond donors (Lipinski definition) is 2. The number of esters is 1. The van der Waals surface area contributed by atoms with Crippen LogP contribution in [0.25, 0.3) is 6.08 Å². The zero-order valence-electron chi connectivity index (χ0n) is 15.9. The Morgan fingerprint density at radius 2 is 1.82 bits per heavy atom. The molecule has 0 fully saturated rings. The van der Waals surface area contributed by atoms with E-state index in [9.17, 15) is 15.0 Å². The van der Waals surface area contributed by atoms with Crippen LogP contribution in [0.4, 0.5) is 5.69 Å². The van der Waals surface area contributed by atoms with Gasteiger partial charge in [-0.15, -0.1) is 0 Å². The number of nitrogens with zero attached hydrogens (tertiary/aromatic N) is 1. The summed E-state index contributed by atoms with van der Waals surface area (Å²) < 4.78 is 5.11. The van der Waals surface area contributed by atoms with Crippen LogP contribution < -0.4 is 0 Å². The standard InChI is InChI=1S/C22H21NO4S/c1-4-27-22(26)19-20(25)18(12-15-7-5-6-8-17(15)24)28-21(19)23-16-10-13(2)9-14(3)11-16/h5-12,24-25H,4H2,1-3H3. The van der Waals surface area contributed by atoms with Gasteiger partial charge in [-0.05, 0) is 56.2 Å². The number of para-hydroxylation sites is 1. The van der Waals surface area contributed by atoms with Crippen molar-refractivity contribution in [3.8, 4) is 5.75 Å². The van der Waals surface area contributed by atoms with E-state index < -0.39 is 5.97 Å². The highest BCUT2D eigenvalue weighted by Crippen LogP contribution is 2.41. The van der Waals surface area contributed by atoms with Crippen LogP contribution in [0.1, 0.15) is 23.6 Å². The third-order valence-electron chi connectivity index (χ3n) is 4.03. The molecule has 0 spiro atoms. The van der Waals surface area contributed by atoms with Crippen molar-refractivity contribution >= 4 is 34.5 Å². The van der Waals surface area contributed by atoms with Gasteiger partial charge < -0.3 is 14.9 Å². The predicted molar refractivity (Wildman–Crippen MR) is 113 cm³/mol. The Morgan fingerprint density at radius 1 is 1.14 bits per heavy atom. The summed E-state index contributed by atoms with van der Waals surface area (Å²) in [5, 5.41) is 21.1. The molecule has 2 aromatic rings. The van der Waals surface area contributed by atoms with Crippen molar-refractivity contribution in [2.75, 3.05) is 6.61 Å².